The highest BCUT2D eigenvalue weighted by Gasteiger charge is 2.16. The van der Waals surface area contributed by atoms with Crippen LogP contribution in [0.25, 0.3) is 28.0 Å². The second-order valence-corrected chi connectivity index (χ2v) is 3.73. The smallest absolute Gasteiger partial charge is 0.176 e. The van der Waals surface area contributed by atoms with Gasteiger partial charge in [0.1, 0.15) is 5.58 Å². The number of hydrogen-bond donors (Lipinski definition) is 2. The number of benzene rings is 1. The van der Waals surface area contributed by atoms with E-state index in [2.05, 4.69) is 0 Å². The maximum absolute atomic E-state index is 10.0. The average molecular weight is 229 g/mol. The Kier molecular flexibility index (Phi) is 2.16. The van der Waals surface area contributed by atoms with E-state index in [1.54, 1.807) is 24.7 Å². The molecule has 3 aromatic rings. The molecule has 0 amide bonds. The summed E-state index contributed by atoms with van der Waals surface area (Å²) in [5, 5.41) is 11.5. The Morgan fingerprint density at radius 3 is 2.59 bits per heavy atom. The van der Waals surface area contributed by atoms with Crippen molar-refractivity contribution in [3.8, 4) is 5.75 Å². The quantitative estimate of drug-likeness (QED) is 0.708. The summed E-state index contributed by atoms with van der Waals surface area (Å²) in [6.45, 7) is 0.447. The Morgan fingerprint density at radius 1 is 1.12 bits per heavy atom. The van der Waals surface area contributed by atoms with Crippen LogP contribution in [0, 0.1) is 0 Å². The zero-order chi connectivity index (χ0) is 11.8. The largest absolute Gasteiger partial charge is 0.504 e. The van der Waals surface area contributed by atoms with Crippen molar-refractivity contribution in [3.05, 3.63) is 36.3 Å². The molecule has 2 aromatic heterocycles. The van der Waals surface area contributed by atoms with E-state index in [0.717, 1.165) is 10.9 Å². The molecule has 0 saturated carbocycles. The SMILES string of the molecule is NC/C=C/c1c2ccoc2c(O)c2ccoc12. The van der Waals surface area contributed by atoms with E-state index in [0.29, 0.717) is 23.1 Å². The van der Waals surface area contributed by atoms with E-state index in [-0.39, 0.29) is 5.75 Å². The van der Waals surface area contributed by atoms with E-state index in [4.69, 9.17) is 14.6 Å². The van der Waals surface area contributed by atoms with E-state index in [1.807, 2.05) is 12.2 Å². The Bertz CT molecular complexity index is 654. The highest BCUT2D eigenvalue weighted by molar-refractivity contribution is 6.07. The molecule has 0 bridgehead atoms. The monoisotopic (exact) mass is 229 g/mol. The number of hydrogen-bond acceptors (Lipinski definition) is 4. The predicted octanol–water partition coefficient (Wildman–Crippen LogP) is 2.86. The second kappa shape index (κ2) is 3.68. The zero-order valence-electron chi connectivity index (χ0n) is 9.01. The van der Waals surface area contributed by atoms with Crippen LogP contribution in [0.3, 0.4) is 0 Å². The molecule has 1 aromatic carbocycles. The van der Waals surface area contributed by atoms with Crippen molar-refractivity contribution in [1.29, 1.82) is 0 Å². The van der Waals surface area contributed by atoms with Gasteiger partial charge >= 0.3 is 0 Å². The van der Waals surface area contributed by atoms with Crippen LogP contribution in [0.15, 0.2) is 39.6 Å². The standard InChI is InChI=1S/C13H11NO3/c14-5-1-2-8-9-3-6-17-13(9)11(15)10-4-7-16-12(8)10/h1-4,6-7,15H,5,14H2/b2-1+. The van der Waals surface area contributed by atoms with Crippen LogP contribution in [-0.4, -0.2) is 11.7 Å². The molecule has 4 heteroatoms. The number of phenolic OH excluding ortho intramolecular Hbond substituents is 1. The molecule has 0 aliphatic heterocycles. The molecule has 0 aliphatic rings. The number of furan rings is 2. The lowest BCUT2D eigenvalue weighted by atomic mass is 10.1. The Hall–Kier alpha value is -2.20. The third kappa shape index (κ3) is 1.34. The Morgan fingerprint density at radius 2 is 1.82 bits per heavy atom. The predicted molar refractivity (Wildman–Crippen MR) is 65.7 cm³/mol. The van der Waals surface area contributed by atoms with Crippen LogP contribution in [0.1, 0.15) is 5.56 Å². The molecule has 4 nitrogen and oxygen atoms in total. The summed E-state index contributed by atoms with van der Waals surface area (Å²) in [7, 11) is 0. The van der Waals surface area contributed by atoms with Gasteiger partial charge in [-0.2, -0.15) is 0 Å². The topological polar surface area (TPSA) is 72.5 Å². The highest BCUT2D eigenvalue weighted by atomic mass is 16.4. The van der Waals surface area contributed by atoms with Crippen LogP contribution in [0.4, 0.5) is 0 Å². The highest BCUT2D eigenvalue weighted by Crippen LogP contribution is 2.39. The fourth-order valence-corrected chi connectivity index (χ4v) is 2.01. The van der Waals surface area contributed by atoms with Gasteiger partial charge in [0, 0.05) is 17.5 Å². The zero-order valence-corrected chi connectivity index (χ0v) is 9.01. The minimum atomic E-state index is 0.110. The molecule has 0 spiro atoms. The summed E-state index contributed by atoms with van der Waals surface area (Å²) in [5.74, 6) is 0.110. The lowest BCUT2D eigenvalue weighted by Crippen LogP contribution is -1.92. The number of aromatic hydroxyl groups is 1. The van der Waals surface area contributed by atoms with Gasteiger partial charge in [-0.15, -0.1) is 0 Å². The molecule has 0 radical (unpaired) electrons. The maximum Gasteiger partial charge on any atom is 0.176 e. The molecule has 0 unspecified atom stereocenters. The molecule has 0 fully saturated rings. The summed E-state index contributed by atoms with van der Waals surface area (Å²) in [4.78, 5) is 0. The average Bonchev–Trinajstić information content (AvgIpc) is 2.97. The lowest BCUT2D eigenvalue weighted by Gasteiger charge is -2.01. The molecule has 17 heavy (non-hydrogen) atoms. The molecule has 0 saturated heterocycles. The summed E-state index contributed by atoms with van der Waals surface area (Å²) in [6, 6.07) is 3.51. The maximum atomic E-state index is 10.0. The van der Waals surface area contributed by atoms with Crippen molar-refractivity contribution < 1.29 is 13.9 Å². The van der Waals surface area contributed by atoms with E-state index in [1.165, 1.54) is 0 Å². The van der Waals surface area contributed by atoms with Gasteiger partial charge in [-0.05, 0) is 12.1 Å². The molecular weight excluding hydrogens is 218 g/mol. The number of fused-ring (bicyclic) bond motifs is 2. The van der Waals surface area contributed by atoms with Crippen molar-refractivity contribution in [2.24, 2.45) is 5.73 Å². The fourth-order valence-electron chi connectivity index (χ4n) is 2.01. The molecule has 2 heterocycles. The first-order valence-electron chi connectivity index (χ1n) is 5.29. The van der Waals surface area contributed by atoms with Gasteiger partial charge in [0.05, 0.1) is 17.9 Å². The first-order chi connectivity index (χ1) is 8.33. The van der Waals surface area contributed by atoms with Crippen molar-refractivity contribution >= 4 is 28.0 Å². The third-order valence-electron chi connectivity index (χ3n) is 2.76. The molecule has 86 valence electrons. The van der Waals surface area contributed by atoms with Crippen molar-refractivity contribution in [3.63, 3.8) is 0 Å². The van der Waals surface area contributed by atoms with Crippen LogP contribution in [0.2, 0.25) is 0 Å². The van der Waals surface area contributed by atoms with E-state index in [9.17, 15) is 5.11 Å². The lowest BCUT2D eigenvalue weighted by molar-refractivity contribution is 0.470. The number of nitrogens with two attached hydrogens (primary N) is 1. The first kappa shape index (κ1) is 9.99. The Balaban J connectivity index is 2.48. The first-order valence-corrected chi connectivity index (χ1v) is 5.29. The third-order valence-corrected chi connectivity index (χ3v) is 2.76. The number of phenols is 1. The van der Waals surface area contributed by atoms with Gasteiger partial charge in [0.2, 0.25) is 0 Å². The van der Waals surface area contributed by atoms with Crippen LogP contribution < -0.4 is 5.73 Å². The summed E-state index contributed by atoms with van der Waals surface area (Å²) in [6.07, 6.45) is 6.80. The fraction of sp³-hybridized carbons (Fsp3) is 0.0769. The van der Waals surface area contributed by atoms with Gasteiger partial charge in [-0.3, -0.25) is 0 Å². The summed E-state index contributed by atoms with van der Waals surface area (Å²) >= 11 is 0. The van der Waals surface area contributed by atoms with Gasteiger partial charge < -0.3 is 19.7 Å². The van der Waals surface area contributed by atoms with Crippen molar-refractivity contribution in [2.45, 2.75) is 0 Å². The van der Waals surface area contributed by atoms with Gasteiger partial charge in [0.25, 0.3) is 0 Å². The van der Waals surface area contributed by atoms with E-state index >= 15 is 0 Å². The summed E-state index contributed by atoms with van der Waals surface area (Å²) in [5.41, 5.74) is 7.44. The van der Waals surface area contributed by atoms with Crippen LogP contribution >= 0.6 is 0 Å². The number of rotatable bonds is 2. The second-order valence-electron chi connectivity index (χ2n) is 3.73. The normalized spacial score (nSPS) is 12.1. The molecule has 3 N–H and O–H groups in total. The van der Waals surface area contributed by atoms with E-state index < -0.39 is 0 Å². The summed E-state index contributed by atoms with van der Waals surface area (Å²) < 4.78 is 10.7. The van der Waals surface area contributed by atoms with Crippen molar-refractivity contribution in [2.75, 3.05) is 6.54 Å². The van der Waals surface area contributed by atoms with Crippen molar-refractivity contribution in [1.82, 2.24) is 0 Å². The van der Waals surface area contributed by atoms with Crippen LogP contribution in [-0.2, 0) is 0 Å². The minimum absolute atomic E-state index is 0.110. The van der Waals surface area contributed by atoms with Gasteiger partial charge in [0.15, 0.2) is 11.3 Å². The van der Waals surface area contributed by atoms with Gasteiger partial charge in [-0.25, -0.2) is 0 Å². The Labute approximate surface area is 96.9 Å². The van der Waals surface area contributed by atoms with Gasteiger partial charge in [-0.1, -0.05) is 12.2 Å². The molecule has 0 atom stereocenters. The molecule has 3 rings (SSSR count). The molecule has 0 aliphatic carbocycles. The van der Waals surface area contributed by atoms with Crippen LogP contribution in [0.5, 0.6) is 5.75 Å². The minimum Gasteiger partial charge on any atom is -0.504 e. The molecular formula is C13H11NO3.